The number of fused-ring (bicyclic) bond motifs is 1. The van der Waals surface area contributed by atoms with E-state index in [-0.39, 0.29) is 5.91 Å². The molecule has 2 aromatic carbocycles. The minimum Gasteiger partial charge on any atom is -0.272 e. The number of amides is 1. The van der Waals surface area contributed by atoms with Gasteiger partial charge in [-0.3, -0.25) is 4.79 Å². The van der Waals surface area contributed by atoms with Gasteiger partial charge in [-0.05, 0) is 29.2 Å². The molecule has 0 aliphatic rings. The molecule has 1 heterocycles. The van der Waals surface area contributed by atoms with Gasteiger partial charge in [-0.1, -0.05) is 62.0 Å². The van der Waals surface area contributed by atoms with Crippen LogP contribution in [0.25, 0.3) is 10.2 Å². The number of benzene rings is 2. The number of nitrogens with zero attached hydrogens (tertiary/aromatic N) is 2. The van der Waals surface area contributed by atoms with Gasteiger partial charge >= 0.3 is 0 Å². The number of carbonyl (C=O) groups is 1. The molecule has 0 fully saturated rings. The van der Waals surface area contributed by atoms with Crippen molar-refractivity contribution in [2.75, 3.05) is 5.75 Å². The maximum Gasteiger partial charge on any atom is 0.250 e. The molecule has 0 unspecified atom stereocenters. The maximum absolute atomic E-state index is 11.9. The number of hydrogen-bond donors (Lipinski definition) is 1. The van der Waals surface area contributed by atoms with Crippen LogP contribution in [-0.2, 0) is 4.79 Å². The number of hydrazone groups is 1. The summed E-state index contributed by atoms with van der Waals surface area (Å²) in [5, 5.41) is 4.02. The molecule has 1 N–H and O–H groups in total. The SMILES string of the molecule is CC(C)c1ccc(/C=N/NC(=O)CSc2nc3ccccc3s2)cc1. The Morgan fingerprint density at radius 1 is 1.24 bits per heavy atom. The lowest BCUT2D eigenvalue weighted by molar-refractivity contribution is -0.118. The van der Waals surface area contributed by atoms with Gasteiger partial charge in [-0.25, -0.2) is 10.4 Å². The minimum absolute atomic E-state index is 0.140. The second-order valence-corrected chi connectivity index (χ2v) is 8.10. The summed E-state index contributed by atoms with van der Waals surface area (Å²) < 4.78 is 2.03. The van der Waals surface area contributed by atoms with Gasteiger partial charge in [0.1, 0.15) is 0 Å². The van der Waals surface area contributed by atoms with Crippen LogP contribution in [0.2, 0.25) is 0 Å². The smallest absolute Gasteiger partial charge is 0.250 e. The molecule has 0 spiro atoms. The highest BCUT2D eigenvalue weighted by Gasteiger charge is 2.06. The molecule has 3 rings (SSSR count). The summed E-state index contributed by atoms with van der Waals surface area (Å²) >= 11 is 3.02. The van der Waals surface area contributed by atoms with E-state index in [1.54, 1.807) is 17.6 Å². The normalized spacial score (nSPS) is 11.5. The summed E-state index contributed by atoms with van der Waals surface area (Å²) in [6.45, 7) is 4.32. The molecule has 0 atom stereocenters. The van der Waals surface area contributed by atoms with E-state index in [2.05, 4.69) is 41.5 Å². The Bertz CT molecular complexity index is 852. The molecule has 1 amide bonds. The average Bonchev–Trinajstić information content (AvgIpc) is 3.03. The minimum atomic E-state index is -0.140. The topological polar surface area (TPSA) is 54.4 Å². The van der Waals surface area contributed by atoms with Crippen LogP contribution < -0.4 is 5.43 Å². The molecule has 0 saturated carbocycles. The van der Waals surface area contributed by atoms with E-state index < -0.39 is 0 Å². The molecule has 128 valence electrons. The standard InChI is InChI=1S/C19H19N3OS2/c1-13(2)15-9-7-14(8-10-15)11-20-22-18(23)12-24-19-21-16-5-3-4-6-17(16)25-19/h3-11,13H,12H2,1-2H3,(H,22,23)/b20-11+. The first-order valence-corrected chi connectivity index (χ1v) is 9.82. The monoisotopic (exact) mass is 369 g/mol. The summed E-state index contributed by atoms with van der Waals surface area (Å²) in [7, 11) is 0. The molecule has 25 heavy (non-hydrogen) atoms. The van der Waals surface area contributed by atoms with E-state index in [1.807, 2.05) is 36.4 Å². The molecule has 0 aliphatic carbocycles. The largest absolute Gasteiger partial charge is 0.272 e. The third kappa shape index (κ3) is 4.90. The van der Waals surface area contributed by atoms with Crippen molar-refractivity contribution in [2.45, 2.75) is 24.1 Å². The second kappa shape index (κ2) is 8.27. The van der Waals surface area contributed by atoms with Crippen molar-refractivity contribution < 1.29 is 4.79 Å². The number of carbonyl (C=O) groups excluding carboxylic acids is 1. The fourth-order valence-electron chi connectivity index (χ4n) is 2.22. The molecule has 0 bridgehead atoms. The molecule has 6 heteroatoms. The lowest BCUT2D eigenvalue weighted by atomic mass is 10.0. The van der Waals surface area contributed by atoms with Crippen molar-refractivity contribution >= 4 is 45.4 Å². The zero-order valence-electron chi connectivity index (χ0n) is 14.1. The number of nitrogens with one attached hydrogen (secondary N) is 1. The number of para-hydroxylation sites is 1. The number of thioether (sulfide) groups is 1. The molecule has 3 aromatic rings. The van der Waals surface area contributed by atoms with Crippen molar-refractivity contribution in [3.8, 4) is 0 Å². The predicted molar refractivity (Wildman–Crippen MR) is 107 cm³/mol. The van der Waals surface area contributed by atoms with Crippen LogP contribution in [0, 0.1) is 0 Å². The third-order valence-corrected chi connectivity index (χ3v) is 5.79. The van der Waals surface area contributed by atoms with Crippen molar-refractivity contribution in [3.05, 3.63) is 59.7 Å². The third-order valence-electron chi connectivity index (χ3n) is 3.61. The zero-order chi connectivity index (χ0) is 17.6. The summed E-state index contributed by atoms with van der Waals surface area (Å²) in [6.07, 6.45) is 1.66. The van der Waals surface area contributed by atoms with Crippen LogP contribution in [0.5, 0.6) is 0 Å². The lowest BCUT2D eigenvalue weighted by Gasteiger charge is -2.04. The Kier molecular flexibility index (Phi) is 5.83. The Labute approximate surface area is 155 Å². The quantitative estimate of drug-likeness (QED) is 0.390. The van der Waals surface area contributed by atoms with Gasteiger partial charge in [-0.15, -0.1) is 11.3 Å². The lowest BCUT2D eigenvalue weighted by Crippen LogP contribution is -2.19. The van der Waals surface area contributed by atoms with E-state index in [9.17, 15) is 4.79 Å². The van der Waals surface area contributed by atoms with Gasteiger partial charge in [0, 0.05) is 0 Å². The molecule has 4 nitrogen and oxygen atoms in total. The molecule has 0 radical (unpaired) electrons. The Morgan fingerprint density at radius 2 is 2.00 bits per heavy atom. The second-order valence-electron chi connectivity index (χ2n) is 5.85. The first-order valence-electron chi connectivity index (χ1n) is 8.02. The van der Waals surface area contributed by atoms with E-state index in [1.165, 1.54) is 17.3 Å². The summed E-state index contributed by atoms with van der Waals surface area (Å²) in [4.78, 5) is 16.4. The highest BCUT2D eigenvalue weighted by molar-refractivity contribution is 8.01. The van der Waals surface area contributed by atoms with Crippen molar-refractivity contribution in [2.24, 2.45) is 5.10 Å². The Hall–Kier alpha value is -2.18. The van der Waals surface area contributed by atoms with E-state index >= 15 is 0 Å². The molecular weight excluding hydrogens is 350 g/mol. The van der Waals surface area contributed by atoms with Gasteiger partial charge in [0.2, 0.25) is 0 Å². The number of thiazole rings is 1. The first-order chi connectivity index (χ1) is 12.1. The van der Waals surface area contributed by atoms with Gasteiger partial charge < -0.3 is 0 Å². The van der Waals surface area contributed by atoms with Crippen molar-refractivity contribution in [3.63, 3.8) is 0 Å². The van der Waals surface area contributed by atoms with Gasteiger partial charge in [0.15, 0.2) is 4.34 Å². The summed E-state index contributed by atoms with van der Waals surface area (Å²) in [5.41, 5.74) is 5.78. The maximum atomic E-state index is 11.9. The molecule has 0 aliphatic heterocycles. The van der Waals surface area contributed by atoms with E-state index in [0.717, 1.165) is 20.1 Å². The van der Waals surface area contributed by atoms with Crippen LogP contribution in [0.4, 0.5) is 0 Å². The van der Waals surface area contributed by atoms with Crippen LogP contribution in [0.1, 0.15) is 30.9 Å². The molecule has 0 saturated heterocycles. The zero-order valence-corrected chi connectivity index (χ0v) is 15.7. The van der Waals surface area contributed by atoms with Gasteiger partial charge in [0.05, 0.1) is 22.2 Å². The first kappa shape index (κ1) is 17.6. The number of aromatic nitrogens is 1. The highest BCUT2D eigenvalue weighted by atomic mass is 32.2. The average molecular weight is 370 g/mol. The fraction of sp³-hybridized carbons (Fsp3) is 0.211. The molecular formula is C19H19N3OS2. The predicted octanol–water partition coefficient (Wildman–Crippen LogP) is 4.66. The Balaban J connectivity index is 1.48. The Morgan fingerprint density at radius 3 is 2.72 bits per heavy atom. The van der Waals surface area contributed by atoms with Crippen molar-refractivity contribution in [1.29, 1.82) is 0 Å². The highest BCUT2D eigenvalue weighted by Crippen LogP contribution is 2.28. The van der Waals surface area contributed by atoms with E-state index in [4.69, 9.17) is 0 Å². The van der Waals surface area contributed by atoms with Crippen LogP contribution >= 0.6 is 23.1 Å². The van der Waals surface area contributed by atoms with Crippen LogP contribution in [0.3, 0.4) is 0 Å². The van der Waals surface area contributed by atoms with Crippen molar-refractivity contribution in [1.82, 2.24) is 10.4 Å². The fourth-order valence-corrected chi connectivity index (χ4v) is 4.08. The van der Waals surface area contributed by atoms with Crippen LogP contribution in [0.15, 0.2) is 58.0 Å². The van der Waals surface area contributed by atoms with Crippen LogP contribution in [-0.4, -0.2) is 22.9 Å². The summed E-state index contributed by atoms with van der Waals surface area (Å²) in [6, 6.07) is 16.1. The van der Waals surface area contributed by atoms with Gasteiger partial charge in [0.25, 0.3) is 5.91 Å². The van der Waals surface area contributed by atoms with Gasteiger partial charge in [-0.2, -0.15) is 5.10 Å². The molecule has 1 aromatic heterocycles. The number of rotatable bonds is 6. The number of hydrogen-bond acceptors (Lipinski definition) is 5. The summed E-state index contributed by atoms with van der Waals surface area (Å²) in [5.74, 6) is 0.660. The van der Waals surface area contributed by atoms with E-state index in [0.29, 0.717) is 11.7 Å².